The molecule has 1 aliphatic rings. The predicted octanol–water partition coefficient (Wildman–Crippen LogP) is 2.50. The van der Waals surface area contributed by atoms with Crippen LogP contribution >= 0.6 is 0 Å². The Kier molecular flexibility index (Phi) is 5.32. The molecule has 31 heavy (non-hydrogen) atoms. The summed E-state index contributed by atoms with van der Waals surface area (Å²) in [5, 5.41) is 9.29. The third-order valence-corrected chi connectivity index (χ3v) is 6.21. The van der Waals surface area contributed by atoms with Crippen molar-refractivity contribution in [2.24, 2.45) is 7.05 Å². The van der Waals surface area contributed by atoms with Crippen molar-refractivity contribution in [3.05, 3.63) is 69.9 Å². The van der Waals surface area contributed by atoms with Crippen molar-refractivity contribution in [2.45, 2.75) is 25.3 Å². The number of pyridine rings is 2. The first-order valence-corrected chi connectivity index (χ1v) is 10.2. The Bertz CT molecular complexity index is 1230. The normalized spacial score (nSPS) is 19.2. The van der Waals surface area contributed by atoms with Gasteiger partial charge in [0.15, 0.2) is 0 Å². The highest BCUT2D eigenvalue weighted by molar-refractivity contribution is 6.15. The molecule has 2 aromatic heterocycles. The molecule has 1 saturated heterocycles. The van der Waals surface area contributed by atoms with E-state index in [0.717, 1.165) is 11.3 Å². The van der Waals surface area contributed by atoms with Gasteiger partial charge in [0.2, 0.25) is 0 Å². The second kappa shape index (κ2) is 7.82. The number of halogens is 1. The molecule has 1 fully saturated rings. The summed E-state index contributed by atoms with van der Waals surface area (Å²) in [4.78, 5) is 21.4. The third kappa shape index (κ3) is 3.70. The van der Waals surface area contributed by atoms with Crippen LogP contribution in [0, 0.1) is 17.1 Å². The molecule has 4 rings (SSSR count). The highest BCUT2D eigenvalue weighted by atomic mass is 19.1. The minimum absolute atomic E-state index is 0.0416. The second-order valence-electron chi connectivity index (χ2n) is 8.25. The molecule has 0 bridgehead atoms. The number of fused-ring (bicyclic) bond motifs is 1. The fraction of sp³-hybridized carbons (Fsp3) is 0.348. The molecule has 0 amide bonds. The minimum Gasteiger partial charge on any atom is -0.364 e. The zero-order valence-corrected chi connectivity index (χ0v) is 17.8. The number of hydrogen-bond acceptors (Lipinski definition) is 5. The summed E-state index contributed by atoms with van der Waals surface area (Å²) < 4.78 is 14.9. The van der Waals surface area contributed by atoms with Crippen LogP contribution in [0.15, 0.2) is 47.3 Å². The van der Waals surface area contributed by atoms with Crippen LogP contribution in [-0.2, 0) is 12.5 Å². The largest absolute Gasteiger partial charge is 0.364 e. The first kappa shape index (κ1) is 21.1. The summed E-state index contributed by atoms with van der Waals surface area (Å²) >= 11 is 0. The molecule has 0 N–H and O–H groups in total. The summed E-state index contributed by atoms with van der Waals surface area (Å²) in [7, 11) is 8.37. The Hall–Kier alpha value is -3.18. The number of nitrogens with zero attached hydrogens (tertiary/aromatic N) is 5. The molecule has 2 atom stereocenters. The van der Waals surface area contributed by atoms with Crippen LogP contribution in [0.25, 0.3) is 11.0 Å². The molecule has 0 spiro atoms. The molecular formula is C23H23BFN5O. The van der Waals surface area contributed by atoms with Crippen molar-refractivity contribution < 1.29 is 4.39 Å². The molecule has 1 aromatic carbocycles. The highest BCUT2D eigenvalue weighted by Gasteiger charge is 2.34. The summed E-state index contributed by atoms with van der Waals surface area (Å²) in [5.41, 5.74) is 2.32. The van der Waals surface area contributed by atoms with Crippen molar-refractivity contribution in [3.8, 4) is 6.07 Å². The Labute approximate surface area is 181 Å². The number of aromatic nitrogens is 2. The zero-order chi connectivity index (χ0) is 22.3. The van der Waals surface area contributed by atoms with E-state index in [1.165, 1.54) is 12.1 Å². The number of hydrogen-bond donors (Lipinski definition) is 0. The van der Waals surface area contributed by atoms with Crippen molar-refractivity contribution in [2.75, 3.05) is 24.5 Å². The molecule has 1 unspecified atom stereocenters. The Balaban J connectivity index is 1.68. The smallest absolute Gasteiger partial charge is 0.252 e. The molecule has 3 heterocycles. The third-order valence-electron chi connectivity index (χ3n) is 6.21. The summed E-state index contributed by atoms with van der Waals surface area (Å²) in [6.07, 6.45) is 0. The minimum atomic E-state index is -0.755. The lowest BCUT2D eigenvalue weighted by atomic mass is 9.71. The van der Waals surface area contributed by atoms with Crippen molar-refractivity contribution >= 4 is 24.6 Å². The maximum atomic E-state index is 13.3. The number of rotatable bonds is 3. The molecule has 2 radical (unpaired) electrons. The molecule has 6 nitrogen and oxygen atoms in total. The van der Waals surface area contributed by atoms with Gasteiger partial charge in [0.05, 0.1) is 11.2 Å². The van der Waals surface area contributed by atoms with E-state index in [-0.39, 0.29) is 17.4 Å². The van der Waals surface area contributed by atoms with Crippen LogP contribution in [0.4, 0.5) is 10.1 Å². The molecule has 1 aliphatic heterocycles. The van der Waals surface area contributed by atoms with E-state index in [9.17, 15) is 14.4 Å². The van der Waals surface area contributed by atoms with E-state index < -0.39 is 5.44 Å². The zero-order valence-electron chi connectivity index (χ0n) is 17.8. The second-order valence-corrected chi connectivity index (χ2v) is 8.25. The van der Waals surface area contributed by atoms with Gasteiger partial charge in [0.1, 0.15) is 30.9 Å². The lowest BCUT2D eigenvalue weighted by molar-refractivity contribution is 0.145. The van der Waals surface area contributed by atoms with Gasteiger partial charge < -0.3 is 9.47 Å². The van der Waals surface area contributed by atoms with Crippen LogP contribution in [0.3, 0.4) is 0 Å². The van der Waals surface area contributed by atoms with E-state index in [4.69, 9.17) is 7.85 Å². The van der Waals surface area contributed by atoms with Gasteiger partial charge in [-0.15, -0.1) is 0 Å². The fourth-order valence-electron chi connectivity index (χ4n) is 4.30. The van der Waals surface area contributed by atoms with Crippen LogP contribution in [-0.4, -0.2) is 48.0 Å². The van der Waals surface area contributed by atoms with E-state index >= 15 is 0 Å². The predicted molar refractivity (Wildman–Crippen MR) is 120 cm³/mol. The van der Waals surface area contributed by atoms with Gasteiger partial charge >= 0.3 is 0 Å². The monoisotopic (exact) mass is 415 g/mol. The lowest BCUT2D eigenvalue weighted by Crippen LogP contribution is -2.58. The van der Waals surface area contributed by atoms with Crippen LogP contribution in [0.1, 0.15) is 25.1 Å². The molecule has 156 valence electrons. The number of anilines is 1. The molecule has 0 saturated carbocycles. The maximum absolute atomic E-state index is 13.3. The standard InChI is InChI=1S/C23H23BFN5O/c1-15-14-29(23(2,24)16-4-6-17(25)7-5-16)10-11-30(15)20-12-21(31)28(3)19-9-8-18(13-26)27-22(19)20/h4-9,12,15H,10-11,14H2,1-3H3/t15-,23?/m0/s1. The topological polar surface area (TPSA) is 65.2 Å². The van der Waals surface area contributed by atoms with E-state index in [0.29, 0.717) is 36.4 Å². The van der Waals surface area contributed by atoms with Gasteiger partial charge in [0.25, 0.3) is 5.56 Å². The van der Waals surface area contributed by atoms with E-state index in [2.05, 4.69) is 27.8 Å². The lowest BCUT2D eigenvalue weighted by Gasteiger charge is -2.48. The number of nitriles is 1. The average Bonchev–Trinajstić information content (AvgIpc) is 2.76. The first-order chi connectivity index (χ1) is 14.7. The summed E-state index contributed by atoms with van der Waals surface area (Å²) in [5.74, 6) is -0.292. The van der Waals surface area contributed by atoms with Gasteiger partial charge in [-0.3, -0.25) is 9.69 Å². The molecule has 3 aromatic rings. The van der Waals surface area contributed by atoms with Crippen LogP contribution < -0.4 is 10.5 Å². The van der Waals surface area contributed by atoms with Gasteiger partial charge in [-0.25, -0.2) is 9.37 Å². The van der Waals surface area contributed by atoms with Crippen molar-refractivity contribution in [1.29, 1.82) is 5.26 Å². The molecule has 8 heteroatoms. The fourth-order valence-corrected chi connectivity index (χ4v) is 4.30. The summed E-state index contributed by atoms with van der Waals surface area (Å²) in [6.45, 7) is 5.94. The van der Waals surface area contributed by atoms with Crippen molar-refractivity contribution in [1.82, 2.24) is 14.5 Å². The highest BCUT2D eigenvalue weighted by Crippen LogP contribution is 2.31. The number of aryl methyl sites for hydroxylation is 1. The van der Waals surface area contributed by atoms with Gasteiger partial charge in [-0.1, -0.05) is 19.1 Å². The Morgan fingerprint density at radius 3 is 2.58 bits per heavy atom. The maximum Gasteiger partial charge on any atom is 0.252 e. The van der Waals surface area contributed by atoms with Crippen LogP contribution in [0.5, 0.6) is 0 Å². The van der Waals surface area contributed by atoms with E-state index in [1.54, 1.807) is 41.9 Å². The first-order valence-electron chi connectivity index (χ1n) is 10.2. The number of benzene rings is 1. The van der Waals surface area contributed by atoms with Gasteiger partial charge in [-0.2, -0.15) is 5.26 Å². The van der Waals surface area contributed by atoms with E-state index in [1.807, 2.05) is 6.92 Å². The van der Waals surface area contributed by atoms with Crippen LogP contribution in [0.2, 0.25) is 0 Å². The summed E-state index contributed by atoms with van der Waals surface area (Å²) in [6, 6.07) is 13.4. The Morgan fingerprint density at radius 1 is 1.23 bits per heavy atom. The number of piperazine rings is 1. The SMILES string of the molecule is [B]C(C)(c1ccc(F)cc1)N1CCN(c2cc(=O)n(C)c3ccc(C#N)nc23)[C@@H](C)C1. The average molecular weight is 415 g/mol. The quantitative estimate of drug-likeness (QED) is 0.616. The van der Waals surface area contributed by atoms with Gasteiger partial charge in [0, 0.05) is 44.2 Å². The van der Waals surface area contributed by atoms with Crippen molar-refractivity contribution in [3.63, 3.8) is 0 Å². The Morgan fingerprint density at radius 2 is 1.94 bits per heavy atom. The molecule has 0 aliphatic carbocycles. The molecular weight excluding hydrogens is 392 g/mol. The van der Waals surface area contributed by atoms with Gasteiger partial charge in [-0.05, 0) is 36.8 Å².